The topological polar surface area (TPSA) is 61.3 Å². The average molecular weight is 250 g/mol. The molecule has 102 valence electrons. The first kappa shape index (κ1) is 15.0. The van der Waals surface area contributed by atoms with Crippen LogP contribution in [0.2, 0.25) is 0 Å². The maximum atomic E-state index is 5.84. The zero-order valence-corrected chi connectivity index (χ0v) is 11.6. The molecule has 0 aromatic heterocycles. The summed E-state index contributed by atoms with van der Waals surface area (Å²) in [4.78, 5) is 0. The second-order valence-corrected chi connectivity index (χ2v) is 5.19. The molecule has 0 fully saturated rings. The van der Waals surface area contributed by atoms with Gasteiger partial charge in [-0.2, -0.15) is 0 Å². The average Bonchev–Trinajstić information content (AvgIpc) is 2.38. The van der Waals surface area contributed by atoms with E-state index in [9.17, 15) is 0 Å². The van der Waals surface area contributed by atoms with Crippen molar-refractivity contribution in [2.24, 2.45) is 23.3 Å². The van der Waals surface area contributed by atoms with Gasteiger partial charge < -0.3 is 16.2 Å². The summed E-state index contributed by atoms with van der Waals surface area (Å²) < 4.78 is 5.84. The number of para-hydroxylation sites is 1. The van der Waals surface area contributed by atoms with Crippen molar-refractivity contribution in [2.45, 2.75) is 26.7 Å². The summed E-state index contributed by atoms with van der Waals surface area (Å²) in [6.45, 7) is 6.38. The van der Waals surface area contributed by atoms with E-state index in [-0.39, 0.29) is 0 Å². The van der Waals surface area contributed by atoms with Gasteiger partial charge in [0.05, 0.1) is 6.61 Å². The summed E-state index contributed by atoms with van der Waals surface area (Å²) in [5, 5.41) is 0. The Bertz CT molecular complexity index is 335. The largest absolute Gasteiger partial charge is 0.493 e. The molecule has 18 heavy (non-hydrogen) atoms. The molecule has 0 heterocycles. The van der Waals surface area contributed by atoms with E-state index in [1.807, 2.05) is 12.1 Å². The molecule has 1 aromatic carbocycles. The lowest BCUT2D eigenvalue weighted by Gasteiger charge is -2.15. The Morgan fingerprint density at radius 2 is 1.78 bits per heavy atom. The molecule has 0 saturated carbocycles. The third-order valence-electron chi connectivity index (χ3n) is 3.03. The molecule has 0 aliphatic heterocycles. The van der Waals surface area contributed by atoms with Crippen molar-refractivity contribution >= 4 is 0 Å². The Balaban J connectivity index is 2.58. The summed E-state index contributed by atoms with van der Waals surface area (Å²) in [6, 6.07) is 8.23. The molecular weight excluding hydrogens is 224 g/mol. The van der Waals surface area contributed by atoms with Crippen LogP contribution in [-0.4, -0.2) is 19.7 Å². The number of rotatable bonds is 8. The van der Waals surface area contributed by atoms with E-state index in [0.717, 1.165) is 25.2 Å². The Hall–Kier alpha value is -1.06. The van der Waals surface area contributed by atoms with Gasteiger partial charge in [-0.1, -0.05) is 32.0 Å². The van der Waals surface area contributed by atoms with Crippen molar-refractivity contribution in [3.63, 3.8) is 0 Å². The molecule has 1 aromatic rings. The highest BCUT2D eigenvalue weighted by Gasteiger charge is 2.08. The first-order valence-corrected chi connectivity index (χ1v) is 6.78. The van der Waals surface area contributed by atoms with Gasteiger partial charge in [-0.15, -0.1) is 0 Å². The molecule has 0 amide bonds. The van der Waals surface area contributed by atoms with E-state index < -0.39 is 0 Å². The number of hydrogen-bond donors (Lipinski definition) is 2. The van der Waals surface area contributed by atoms with Gasteiger partial charge in [-0.25, -0.2) is 0 Å². The summed E-state index contributed by atoms with van der Waals surface area (Å²) in [5.74, 6) is 1.95. The highest BCUT2D eigenvalue weighted by Crippen LogP contribution is 2.21. The second-order valence-electron chi connectivity index (χ2n) is 5.19. The fourth-order valence-electron chi connectivity index (χ4n) is 1.80. The number of hydrogen-bond acceptors (Lipinski definition) is 3. The van der Waals surface area contributed by atoms with Crippen molar-refractivity contribution in [1.29, 1.82) is 0 Å². The van der Waals surface area contributed by atoms with E-state index >= 15 is 0 Å². The molecule has 0 unspecified atom stereocenters. The second kappa shape index (κ2) is 8.11. The first-order chi connectivity index (χ1) is 8.67. The normalized spacial score (nSPS) is 11.2. The Labute approximate surface area is 111 Å². The highest BCUT2D eigenvalue weighted by atomic mass is 16.5. The quantitative estimate of drug-likeness (QED) is 0.743. The van der Waals surface area contributed by atoms with Gasteiger partial charge in [0.2, 0.25) is 0 Å². The predicted octanol–water partition coefficient (Wildman–Crippen LogP) is 2.19. The summed E-state index contributed by atoms with van der Waals surface area (Å²) in [7, 11) is 0. The lowest BCUT2D eigenvalue weighted by molar-refractivity contribution is 0.268. The van der Waals surface area contributed by atoms with Crippen LogP contribution in [0.4, 0.5) is 0 Å². The molecule has 0 spiro atoms. The number of ether oxygens (including phenoxy) is 1. The molecule has 0 radical (unpaired) electrons. The van der Waals surface area contributed by atoms with E-state index in [1.54, 1.807) is 0 Å². The smallest absolute Gasteiger partial charge is 0.122 e. The number of nitrogens with two attached hydrogens (primary N) is 2. The Morgan fingerprint density at radius 1 is 1.11 bits per heavy atom. The van der Waals surface area contributed by atoms with Crippen LogP contribution in [0.1, 0.15) is 25.8 Å². The number of aryl methyl sites for hydroxylation is 1. The summed E-state index contributed by atoms with van der Waals surface area (Å²) >= 11 is 0. The third-order valence-corrected chi connectivity index (χ3v) is 3.03. The van der Waals surface area contributed by atoms with Crippen LogP contribution in [0, 0.1) is 11.8 Å². The molecule has 0 aliphatic carbocycles. The zero-order valence-electron chi connectivity index (χ0n) is 11.6. The molecule has 3 heteroatoms. The van der Waals surface area contributed by atoms with Gasteiger partial charge >= 0.3 is 0 Å². The maximum Gasteiger partial charge on any atom is 0.122 e. The minimum Gasteiger partial charge on any atom is -0.493 e. The van der Waals surface area contributed by atoms with Crippen molar-refractivity contribution in [2.75, 3.05) is 19.7 Å². The highest BCUT2D eigenvalue weighted by molar-refractivity contribution is 5.33. The van der Waals surface area contributed by atoms with Crippen LogP contribution in [-0.2, 0) is 6.42 Å². The Morgan fingerprint density at radius 3 is 2.39 bits per heavy atom. The van der Waals surface area contributed by atoms with Crippen molar-refractivity contribution in [3.8, 4) is 5.75 Å². The van der Waals surface area contributed by atoms with Crippen LogP contribution in [0.15, 0.2) is 24.3 Å². The third kappa shape index (κ3) is 5.07. The van der Waals surface area contributed by atoms with Gasteiger partial charge in [0, 0.05) is 0 Å². The fraction of sp³-hybridized carbons (Fsp3) is 0.600. The minimum absolute atomic E-state index is 0.406. The van der Waals surface area contributed by atoms with E-state index in [4.69, 9.17) is 16.2 Å². The summed E-state index contributed by atoms with van der Waals surface area (Å²) in [6.07, 6.45) is 2.00. The molecule has 1 rings (SSSR count). The van der Waals surface area contributed by atoms with Gasteiger partial charge in [0.25, 0.3) is 0 Å². The van der Waals surface area contributed by atoms with Crippen LogP contribution in [0.5, 0.6) is 5.75 Å². The molecule has 0 atom stereocenters. The van der Waals surface area contributed by atoms with Crippen LogP contribution < -0.4 is 16.2 Å². The molecule has 0 bridgehead atoms. The predicted molar refractivity (Wildman–Crippen MR) is 76.7 cm³/mol. The lowest BCUT2D eigenvalue weighted by atomic mass is 9.99. The Kier molecular flexibility index (Phi) is 6.76. The van der Waals surface area contributed by atoms with Crippen LogP contribution >= 0.6 is 0 Å². The zero-order chi connectivity index (χ0) is 13.4. The van der Waals surface area contributed by atoms with Gasteiger partial charge in [-0.05, 0) is 49.4 Å². The molecule has 4 N–H and O–H groups in total. The fourth-order valence-corrected chi connectivity index (χ4v) is 1.80. The van der Waals surface area contributed by atoms with Crippen molar-refractivity contribution in [3.05, 3.63) is 29.8 Å². The van der Waals surface area contributed by atoms with Crippen LogP contribution in [0.25, 0.3) is 0 Å². The molecular formula is C15H26N2O. The standard InChI is InChI=1S/C15H26N2O/c1-12(2)11-18-15-6-4-3-5-14(15)8-7-13(9-16)10-17/h3-6,12-13H,7-11,16-17H2,1-2H3. The van der Waals surface area contributed by atoms with Crippen molar-refractivity contribution < 1.29 is 4.74 Å². The van der Waals surface area contributed by atoms with Gasteiger partial charge in [-0.3, -0.25) is 0 Å². The van der Waals surface area contributed by atoms with Gasteiger partial charge in [0.15, 0.2) is 0 Å². The number of benzene rings is 1. The minimum atomic E-state index is 0.406. The maximum absolute atomic E-state index is 5.84. The first-order valence-electron chi connectivity index (χ1n) is 6.78. The SMILES string of the molecule is CC(C)COc1ccccc1CCC(CN)CN. The molecule has 3 nitrogen and oxygen atoms in total. The molecule has 0 saturated heterocycles. The van der Waals surface area contributed by atoms with Crippen molar-refractivity contribution in [1.82, 2.24) is 0 Å². The van der Waals surface area contributed by atoms with E-state index in [1.165, 1.54) is 5.56 Å². The molecule has 0 aliphatic rings. The van der Waals surface area contributed by atoms with E-state index in [0.29, 0.717) is 24.9 Å². The summed E-state index contributed by atoms with van der Waals surface area (Å²) in [5.41, 5.74) is 12.6. The van der Waals surface area contributed by atoms with Crippen LogP contribution in [0.3, 0.4) is 0 Å². The van der Waals surface area contributed by atoms with Gasteiger partial charge in [0.1, 0.15) is 5.75 Å². The lowest BCUT2D eigenvalue weighted by Crippen LogP contribution is -2.23. The van der Waals surface area contributed by atoms with E-state index in [2.05, 4.69) is 26.0 Å². The monoisotopic (exact) mass is 250 g/mol.